The Labute approximate surface area is 134 Å². The molecule has 2 aromatic rings. The third kappa shape index (κ3) is 3.49. The molecule has 0 unspecified atom stereocenters. The molecule has 3 heteroatoms. The molecule has 3 rings (SSSR count). The molecule has 22 heavy (non-hydrogen) atoms. The molecule has 2 aromatic carbocycles. The van der Waals surface area contributed by atoms with E-state index in [0.717, 1.165) is 23.0 Å². The second-order valence-electron chi connectivity index (χ2n) is 6.24. The molecule has 116 valence electrons. The van der Waals surface area contributed by atoms with Crippen LogP contribution in [0.4, 0.5) is 0 Å². The van der Waals surface area contributed by atoms with Crippen LogP contribution in [0.2, 0.25) is 6.04 Å². The van der Waals surface area contributed by atoms with Crippen molar-refractivity contribution in [3.8, 4) is 0 Å². The van der Waals surface area contributed by atoms with Gasteiger partial charge in [0, 0.05) is 0 Å². The molecule has 0 aromatic heterocycles. The van der Waals surface area contributed by atoms with Gasteiger partial charge in [-0.2, -0.15) is 0 Å². The minimum absolute atomic E-state index is 0.876. The molecule has 1 heterocycles. The summed E-state index contributed by atoms with van der Waals surface area (Å²) in [6, 6.07) is 21.4. The van der Waals surface area contributed by atoms with Crippen LogP contribution in [0.1, 0.15) is 19.3 Å². The van der Waals surface area contributed by atoms with E-state index in [0.29, 0.717) is 0 Å². The van der Waals surface area contributed by atoms with Gasteiger partial charge in [0.2, 0.25) is 0 Å². The summed E-state index contributed by atoms with van der Waals surface area (Å²) in [6.07, 6.45) is 3.96. The van der Waals surface area contributed by atoms with Crippen molar-refractivity contribution >= 4 is 18.7 Å². The van der Waals surface area contributed by atoms with Crippen molar-refractivity contribution in [3.63, 3.8) is 0 Å². The third-order valence-electron chi connectivity index (χ3n) is 4.74. The first-order chi connectivity index (χ1) is 10.8. The number of likely N-dealkylation sites (tertiary alicyclic amines) is 1. The third-order valence-corrected chi connectivity index (χ3v) is 8.27. The minimum Gasteiger partial charge on any atom is -0.424 e. The summed E-state index contributed by atoms with van der Waals surface area (Å²) in [6.45, 7) is 3.38. The van der Waals surface area contributed by atoms with Crippen LogP contribution in [0.5, 0.6) is 0 Å². The van der Waals surface area contributed by atoms with Crippen LogP contribution >= 0.6 is 0 Å². The lowest BCUT2D eigenvalue weighted by Gasteiger charge is -2.32. The molecule has 0 spiro atoms. The van der Waals surface area contributed by atoms with Gasteiger partial charge in [-0.05, 0) is 48.9 Å². The van der Waals surface area contributed by atoms with Gasteiger partial charge in [0.05, 0.1) is 0 Å². The van der Waals surface area contributed by atoms with Gasteiger partial charge >= 0.3 is 0 Å². The normalized spacial score (nSPS) is 16.6. The number of nitrogens with zero attached hydrogens (tertiary/aromatic N) is 1. The average Bonchev–Trinajstić information content (AvgIpc) is 2.62. The molecule has 0 aliphatic carbocycles. The molecule has 0 atom stereocenters. The molecule has 1 fully saturated rings. The van der Waals surface area contributed by atoms with Crippen LogP contribution < -0.4 is 10.4 Å². The highest BCUT2D eigenvalue weighted by Crippen LogP contribution is 2.13. The van der Waals surface area contributed by atoms with E-state index in [1.54, 1.807) is 0 Å². The molecule has 1 saturated heterocycles. The molecule has 1 aliphatic rings. The summed E-state index contributed by atoms with van der Waals surface area (Å²) in [5.41, 5.74) is 0. The van der Waals surface area contributed by atoms with Gasteiger partial charge in [-0.15, -0.1) is 0 Å². The smallest absolute Gasteiger partial charge is 0.253 e. The standard InChI is InChI=1S/C19H25NOSi/c21-22(18-10-4-1-5-11-18,19-12-6-2-7-13-19)17-16-20-14-8-3-9-15-20/h1-2,4-7,10-13,21H,3,8-9,14-17H2. The molecule has 0 saturated carbocycles. The molecule has 0 amide bonds. The maximum absolute atomic E-state index is 11.6. The Morgan fingerprint density at radius 3 is 1.77 bits per heavy atom. The van der Waals surface area contributed by atoms with Gasteiger partial charge in [0.1, 0.15) is 0 Å². The second kappa shape index (κ2) is 7.23. The van der Waals surface area contributed by atoms with Crippen molar-refractivity contribution in [2.24, 2.45) is 0 Å². The van der Waals surface area contributed by atoms with Crippen LogP contribution in [0.25, 0.3) is 0 Å². The van der Waals surface area contributed by atoms with Crippen molar-refractivity contribution in [2.45, 2.75) is 25.3 Å². The quantitative estimate of drug-likeness (QED) is 0.856. The summed E-state index contributed by atoms with van der Waals surface area (Å²) in [4.78, 5) is 14.1. The first kappa shape index (κ1) is 15.5. The van der Waals surface area contributed by atoms with E-state index in [4.69, 9.17) is 0 Å². The van der Waals surface area contributed by atoms with E-state index in [1.807, 2.05) is 36.4 Å². The van der Waals surface area contributed by atoms with E-state index in [2.05, 4.69) is 29.2 Å². The number of piperidine rings is 1. The molecular formula is C19H25NOSi. The first-order valence-electron chi connectivity index (χ1n) is 8.35. The van der Waals surface area contributed by atoms with Crippen LogP contribution in [0.3, 0.4) is 0 Å². The summed E-state index contributed by atoms with van der Waals surface area (Å²) in [5, 5.41) is 2.25. The Hall–Kier alpha value is -1.42. The Kier molecular flexibility index (Phi) is 5.08. The second-order valence-corrected chi connectivity index (χ2v) is 9.62. The Bertz CT molecular complexity index is 527. The zero-order chi connectivity index (χ0) is 15.3. The van der Waals surface area contributed by atoms with Crippen molar-refractivity contribution in [3.05, 3.63) is 60.7 Å². The number of benzene rings is 2. The fraction of sp³-hybridized carbons (Fsp3) is 0.368. The van der Waals surface area contributed by atoms with Gasteiger partial charge in [0.25, 0.3) is 8.32 Å². The fourth-order valence-corrected chi connectivity index (χ4v) is 6.42. The van der Waals surface area contributed by atoms with Gasteiger partial charge in [-0.1, -0.05) is 67.1 Å². The molecular weight excluding hydrogens is 286 g/mol. The molecule has 1 N–H and O–H groups in total. The van der Waals surface area contributed by atoms with Crippen molar-refractivity contribution < 1.29 is 4.80 Å². The average molecular weight is 312 g/mol. The molecule has 1 aliphatic heterocycles. The van der Waals surface area contributed by atoms with Crippen molar-refractivity contribution in [1.29, 1.82) is 0 Å². The van der Waals surface area contributed by atoms with E-state index in [9.17, 15) is 4.80 Å². The van der Waals surface area contributed by atoms with Crippen LogP contribution in [0.15, 0.2) is 60.7 Å². The summed E-state index contributed by atoms with van der Waals surface area (Å²) < 4.78 is 0. The monoisotopic (exact) mass is 311 g/mol. The van der Waals surface area contributed by atoms with Crippen molar-refractivity contribution in [2.75, 3.05) is 19.6 Å². The largest absolute Gasteiger partial charge is 0.424 e. The maximum atomic E-state index is 11.6. The van der Waals surface area contributed by atoms with Crippen LogP contribution in [0, 0.1) is 0 Å². The summed E-state index contributed by atoms with van der Waals surface area (Å²) >= 11 is 0. The zero-order valence-corrected chi connectivity index (χ0v) is 14.1. The minimum atomic E-state index is -2.63. The zero-order valence-electron chi connectivity index (χ0n) is 13.1. The predicted molar refractivity (Wildman–Crippen MR) is 95.2 cm³/mol. The molecule has 0 bridgehead atoms. The molecule has 2 nitrogen and oxygen atoms in total. The Balaban J connectivity index is 1.83. The highest BCUT2D eigenvalue weighted by molar-refractivity contribution is 6.96. The highest BCUT2D eigenvalue weighted by Gasteiger charge is 2.35. The lowest BCUT2D eigenvalue weighted by Crippen LogP contribution is -2.60. The number of hydrogen-bond acceptors (Lipinski definition) is 2. The van der Waals surface area contributed by atoms with Gasteiger partial charge < -0.3 is 9.70 Å². The number of rotatable bonds is 5. The first-order valence-corrected chi connectivity index (χ1v) is 10.5. The van der Waals surface area contributed by atoms with Crippen molar-refractivity contribution in [1.82, 2.24) is 4.90 Å². The Morgan fingerprint density at radius 2 is 1.27 bits per heavy atom. The lowest BCUT2D eigenvalue weighted by molar-refractivity contribution is 0.238. The van der Waals surface area contributed by atoms with E-state index >= 15 is 0 Å². The van der Waals surface area contributed by atoms with Gasteiger partial charge in [-0.25, -0.2) is 0 Å². The van der Waals surface area contributed by atoms with E-state index < -0.39 is 8.32 Å². The fourth-order valence-electron chi connectivity index (χ4n) is 3.39. The number of hydrogen-bond donors (Lipinski definition) is 1. The van der Waals surface area contributed by atoms with E-state index in [-0.39, 0.29) is 0 Å². The Morgan fingerprint density at radius 1 is 0.773 bits per heavy atom. The predicted octanol–water partition coefficient (Wildman–Crippen LogP) is 2.22. The topological polar surface area (TPSA) is 23.5 Å². The van der Waals surface area contributed by atoms with Crippen LogP contribution in [-0.2, 0) is 0 Å². The van der Waals surface area contributed by atoms with Crippen LogP contribution in [-0.4, -0.2) is 37.6 Å². The van der Waals surface area contributed by atoms with Gasteiger partial charge in [0.15, 0.2) is 0 Å². The van der Waals surface area contributed by atoms with Gasteiger partial charge in [-0.3, -0.25) is 0 Å². The SMILES string of the molecule is O[Si](CCN1CCCCC1)(c1ccccc1)c1ccccc1. The summed E-state index contributed by atoms with van der Waals surface area (Å²) in [7, 11) is -2.63. The maximum Gasteiger partial charge on any atom is 0.253 e. The van der Waals surface area contributed by atoms with E-state index in [1.165, 1.54) is 32.4 Å². The molecule has 0 radical (unpaired) electrons. The highest BCUT2D eigenvalue weighted by atomic mass is 28.4. The summed E-state index contributed by atoms with van der Waals surface area (Å²) in [5.74, 6) is 0. The lowest BCUT2D eigenvalue weighted by atomic mass is 10.1.